The normalized spacial score (nSPS) is 9.20. The molecule has 1 heterocycles. The van der Waals surface area contributed by atoms with E-state index in [9.17, 15) is 0 Å². The molecule has 0 fully saturated rings. The predicted molar refractivity (Wildman–Crippen MR) is 53.2 cm³/mol. The number of ether oxygens (including phenoxy) is 3. The highest BCUT2D eigenvalue weighted by Crippen LogP contribution is 2.31. The molecule has 0 radical (unpaired) electrons. The maximum absolute atomic E-state index is 8.61. The van der Waals surface area contributed by atoms with Crippen molar-refractivity contribution in [2.75, 3.05) is 21.3 Å². The third-order valence-corrected chi connectivity index (χ3v) is 1.87. The molecule has 0 atom stereocenters. The topological polar surface area (TPSA) is 64.4 Å². The van der Waals surface area contributed by atoms with Crippen LogP contribution in [0, 0.1) is 11.3 Å². The molecule has 0 aromatic carbocycles. The molecular weight excluding hydrogens is 196 g/mol. The molecule has 0 aliphatic heterocycles. The van der Waals surface area contributed by atoms with Crippen LogP contribution in [0.3, 0.4) is 0 Å². The van der Waals surface area contributed by atoms with Crippen molar-refractivity contribution in [1.82, 2.24) is 4.98 Å². The smallest absolute Gasteiger partial charge is 0.257 e. The van der Waals surface area contributed by atoms with Gasteiger partial charge in [0.05, 0.1) is 33.8 Å². The van der Waals surface area contributed by atoms with Gasteiger partial charge in [0.2, 0.25) is 0 Å². The summed E-state index contributed by atoms with van der Waals surface area (Å²) in [4.78, 5) is 4.13. The van der Waals surface area contributed by atoms with E-state index in [1.807, 2.05) is 6.07 Å². The second kappa shape index (κ2) is 5.05. The van der Waals surface area contributed by atoms with Gasteiger partial charge in [-0.1, -0.05) is 0 Å². The lowest BCUT2D eigenvalue weighted by molar-refractivity contribution is 0.334. The molecule has 0 saturated carbocycles. The number of methoxy groups -OCH3 is 3. The van der Waals surface area contributed by atoms with E-state index in [1.165, 1.54) is 21.3 Å². The van der Waals surface area contributed by atoms with E-state index >= 15 is 0 Å². The zero-order valence-corrected chi connectivity index (χ0v) is 8.90. The molecule has 0 saturated heterocycles. The van der Waals surface area contributed by atoms with Gasteiger partial charge in [-0.15, -0.1) is 0 Å². The molecular formula is C10H12N2O3. The van der Waals surface area contributed by atoms with Gasteiger partial charge in [0, 0.05) is 6.07 Å². The van der Waals surface area contributed by atoms with Crippen molar-refractivity contribution >= 4 is 0 Å². The first kappa shape index (κ1) is 11.1. The fourth-order valence-corrected chi connectivity index (χ4v) is 1.17. The second-order valence-corrected chi connectivity index (χ2v) is 2.68. The number of hydrogen-bond acceptors (Lipinski definition) is 5. The van der Waals surface area contributed by atoms with Crippen LogP contribution in [-0.2, 0) is 6.42 Å². The molecule has 5 heteroatoms. The fourth-order valence-electron chi connectivity index (χ4n) is 1.17. The SMILES string of the molecule is COc1cc(OC)c(OC)nc1CC#N. The van der Waals surface area contributed by atoms with Crippen LogP contribution in [0.4, 0.5) is 0 Å². The van der Waals surface area contributed by atoms with Crippen LogP contribution in [-0.4, -0.2) is 26.3 Å². The first-order chi connectivity index (χ1) is 7.26. The van der Waals surface area contributed by atoms with E-state index in [2.05, 4.69) is 4.98 Å². The van der Waals surface area contributed by atoms with Gasteiger partial charge in [-0.25, -0.2) is 4.98 Å². The minimum atomic E-state index is 0.170. The number of rotatable bonds is 4. The van der Waals surface area contributed by atoms with E-state index in [4.69, 9.17) is 19.5 Å². The highest BCUT2D eigenvalue weighted by molar-refractivity contribution is 5.44. The summed E-state index contributed by atoms with van der Waals surface area (Å²) in [7, 11) is 4.53. The Morgan fingerprint density at radius 1 is 1.20 bits per heavy atom. The van der Waals surface area contributed by atoms with Crippen LogP contribution in [0.25, 0.3) is 0 Å². The lowest BCUT2D eigenvalue weighted by atomic mass is 10.2. The van der Waals surface area contributed by atoms with E-state index in [1.54, 1.807) is 6.07 Å². The summed E-state index contributed by atoms with van der Waals surface area (Å²) in [5.41, 5.74) is 0.539. The first-order valence-corrected chi connectivity index (χ1v) is 4.29. The van der Waals surface area contributed by atoms with Gasteiger partial charge in [0.1, 0.15) is 11.4 Å². The van der Waals surface area contributed by atoms with Gasteiger partial charge in [0.15, 0.2) is 5.75 Å². The number of hydrogen-bond donors (Lipinski definition) is 0. The molecule has 5 nitrogen and oxygen atoms in total. The van der Waals surface area contributed by atoms with Crippen molar-refractivity contribution in [3.05, 3.63) is 11.8 Å². The molecule has 0 spiro atoms. The molecule has 1 aromatic rings. The highest BCUT2D eigenvalue weighted by atomic mass is 16.5. The summed E-state index contributed by atoms with van der Waals surface area (Å²) in [6.07, 6.45) is 0.170. The third-order valence-electron chi connectivity index (χ3n) is 1.87. The molecule has 1 aromatic heterocycles. The summed E-state index contributed by atoms with van der Waals surface area (Å²) in [5, 5.41) is 8.61. The summed E-state index contributed by atoms with van der Waals surface area (Å²) in [6.45, 7) is 0. The summed E-state index contributed by atoms with van der Waals surface area (Å²) in [5.74, 6) is 1.36. The van der Waals surface area contributed by atoms with Crippen LogP contribution in [0.1, 0.15) is 5.69 Å². The van der Waals surface area contributed by atoms with E-state index in [-0.39, 0.29) is 6.42 Å². The van der Waals surface area contributed by atoms with Gasteiger partial charge in [-0.2, -0.15) is 5.26 Å². The van der Waals surface area contributed by atoms with E-state index in [0.717, 1.165) is 0 Å². The third kappa shape index (κ3) is 2.29. The summed E-state index contributed by atoms with van der Waals surface area (Å²) >= 11 is 0. The fraction of sp³-hybridized carbons (Fsp3) is 0.400. The molecule has 0 bridgehead atoms. The van der Waals surface area contributed by atoms with Crippen LogP contribution in [0.15, 0.2) is 6.07 Å². The standard InChI is InChI=1S/C10H12N2O3/c1-13-8-6-9(14-2)10(15-3)12-7(8)4-5-11/h6H,4H2,1-3H3. The number of nitriles is 1. The molecule has 0 N–H and O–H groups in total. The quantitative estimate of drug-likeness (QED) is 0.743. The Balaban J connectivity index is 3.22. The Hall–Kier alpha value is -1.96. The molecule has 0 aliphatic rings. The number of aromatic nitrogens is 1. The van der Waals surface area contributed by atoms with Gasteiger partial charge in [-0.05, 0) is 0 Å². The molecule has 0 unspecified atom stereocenters. The number of pyridine rings is 1. The van der Waals surface area contributed by atoms with Crippen LogP contribution in [0.2, 0.25) is 0 Å². The largest absolute Gasteiger partial charge is 0.495 e. The van der Waals surface area contributed by atoms with Gasteiger partial charge >= 0.3 is 0 Å². The molecule has 15 heavy (non-hydrogen) atoms. The van der Waals surface area contributed by atoms with Crippen molar-refractivity contribution in [2.24, 2.45) is 0 Å². The first-order valence-electron chi connectivity index (χ1n) is 4.29. The molecule has 0 amide bonds. The Morgan fingerprint density at radius 2 is 1.87 bits per heavy atom. The zero-order valence-electron chi connectivity index (χ0n) is 8.90. The van der Waals surface area contributed by atoms with Crippen molar-refractivity contribution in [1.29, 1.82) is 5.26 Å². The highest BCUT2D eigenvalue weighted by Gasteiger charge is 2.12. The monoisotopic (exact) mass is 208 g/mol. The molecule has 80 valence electrons. The van der Waals surface area contributed by atoms with Gasteiger partial charge in [-0.3, -0.25) is 0 Å². The van der Waals surface area contributed by atoms with Crippen molar-refractivity contribution < 1.29 is 14.2 Å². The predicted octanol–water partition coefficient (Wildman–Crippen LogP) is 1.17. The summed E-state index contributed by atoms with van der Waals surface area (Å²) in [6, 6.07) is 3.66. The zero-order chi connectivity index (χ0) is 11.3. The Labute approximate surface area is 88.2 Å². The average Bonchev–Trinajstić information content (AvgIpc) is 2.28. The minimum absolute atomic E-state index is 0.170. The maximum atomic E-state index is 8.61. The van der Waals surface area contributed by atoms with Crippen LogP contribution in [0.5, 0.6) is 17.4 Å². The Kier molecular flexibility index (Phi) is 3.75. The second-order valence-electron chi connectivity index (χ2n) is 2.68. The lowest BCUT2D eigenvalue weighted by Crippen LogP contribution is -2.00. The number of nitrogens with zero attached hydrogens (tertiary/aromatic N) is 2. The van der Waals surface area contributed by atoms with Crippen LogP contribution < -0.4 is 14.2 Å². The van der Waals surface area contributed by atoms with Gasteiger partial charge in [0.25, 0.3) is 5.88 Å². The Morgan fingerprint density at radius 3 is 2.33 bits per heavy atom. The van der Waals surface area contributed by atoms with E-state index < -0.39 is 0 Å². The van der Waals surface area contributed by atoms with Crippen LogP contribution >= 0.6 is 0 Å². The minimum Gasteiger partial charge on any atom is -0.495 e. The lowest BCUT2D eigenvalue weighted by Gasteiger charge is -2.10. The average molecular weight is 208 g/mol. The van der Waals surface area contributed by atoms with Crippen molar-refractivity contribution in [3.63, 3.8) is 0 Å². The van der Waals surface area contributed by atoms with Crippen molar-refractivity contribution in [3.8, 4) is 23.4 Å². The summed E-state index contributed by atoms with van der Waals surface area (Å²) < 4.78 is 15.2. The Bertz CT molecular complexity index is 385. The van der Waals surface area contributed by atoms with E-state index in [0.29, 0.717) is 23.1 Å². The molecule has 1 rings (SSSR count). The molecule has 0 aliphatic carbocycles. The maximum Gasteiger partial charge on any atom is 0.257 e. The van der Waals surface area contributed by atoms with Crippen molar-refractivity contribution in [2.45, 2.75) is 6.42 Å². The van der Waals surface area contributed by atoms with Gasteiger partial charge < -0.3 is 14.2 Å².